The largest absolute Gasteiger partial charge is 0.492 e. The third-order valence-electron chi connectivity index (χ3n) is 6.97. The summed E-state index contributed by atoms with van der Waals surface area (Å²) in [5, 5.41) is 7.81. The molecule has 0 aliphatic rings. The number of hydrogen-bond donors (Lipinski definition) is 3. The number of carbonyl (C=O) groups is 3. The van der Waals surface area contributed by atoms with Crippen LogP contribution in [0.5, 0.6) is 5.75 Å². The number of thioether (sulfide) groups is 1. The van der Waals surface area contributed by atoms with Crippen LogP contribution in [0.25, 0.3) is 6.08 Å². The summed E-state index contributed by atoms with van der Waals surface area (Å²) in [5.74, 6) is -1.54. The highest BCUT2D eigenvalue weighted by atomic mass is 35.5. The average molecular weight is 680 g/mol. The standard InChI is InChI=1S/C38H31ClFN3O4S/c1-2-47-34-19-10-9-18-32(34)42-38(46)35(25-12-5-3-6-13-25)48-28-22-20-27(21-23-28)41-37(45)33(24-29-30(39)16-11-17-31(29)40)43-36(44)26-14-7-4-8-15-26/h3-24,35H,2H2,1H3,(H,41,45)(H,42,46)(H,43,44)/b33-24-. The van der Waals surface area contributed by atoms with Crippen LogP contribution in [-0.4, -0.2) is 24.3 Å². The zero-order chi connectivity index (χ0) is 33.9. The molecule has 3 amide bonds. The number of nitrogens with one attached hydrogen (secondary N) is 3. The number of benzene rings is 5. The second kappa shape index (κ2) is 16.4. The minimum absolute atomic E-state index is 0.0430. The van der Waals surface area contributed by atoms with Crippen LogP contribution in [0.15, 0.2) is 138 Å². The van der Waals surface area contributed by atoms with Crippen LogP contribution in [0.2, 0.25) is 5.02 Å². The van der Waals surface area contributed by atoms with E-state index in [1.165, 1.54) is 36.0 Å². The molecule has 0 aromatic heterocycles. The molecular formula is C38H31ClFN3O4S. The van der Waals surface area contributed by atoms with Crippen LogP contribution < -0.4 is 20.7 Å². The molecule has 5 aromatic rings. The summed E-state index contributed by atoms with van der Waals surface area (Å²) in [7, 11) is 0. The summed E-state index contributed by atoms with van der Waals surface area (Å²) in [4.78, 5) is 40.8. The molecule has 0 fully saturated rings. The molecule has 48 heavy (non-hydrogen) atoms. The van der Waals surface area contributed by atoms with Gasteiger partial charge < -0.3 is 20.7 Å². The van der Waals surface area contributed by atoms with Gasteiger partial charge in [-0.1, -0.05) is 78.3 Å². The molecule has 0 spiro atoms. The zero-order valence-corrected chi connectivity index (χ0v) is 27.4. The van der Waals surface area contributed by atoms with Gasteiger partial charge in [-0.25, -0.2) is 4.39 Å². The van der Waals surface area contributed by atoms with E-state index < -0.39 is 22.9 Å². The van der Waals surface area contributed by atoms with Gasteiger partial charge in [0.25, 0.3) is 11.8 Å². The Morgan fingerprint density at radius 2 is 1.48 bits per heavy atom. The van der Waals surface area contributed by atoms with Crippen molar-refractivity contribution in [2.24, 2.45) is 0 Å². The van der Waals surface area contributed by atoms with Gasteiger partial charge in [0.05, 0.1) is 17.3 Å². The van der Waals surface area contributed by atoms with Gasteiger partial charge in [0.15, 0.2) is 0 Å². The first-order valence-corrected chi connectivity index (χ1v) is 16.3. The number of rotatable bonds is 12. The van der Waals surface area contributed by atoms with Crippen LogP contribution in [0.3, 0.4) is 0 Å². The zero-order valence-electron chi connectivity index (χ0n) is 25.8. The van der Waals surface area contributed by atoms with Crippen molar-refractivity contribution in [1.82, 2.24) is 5.32 Å². The van der Waals surface area contributed by atoms with Gasteiger partial charge in [0.1, 0.15) is 22.5 Å². The normalized spacial score (nSPS) is 11.7. The third-order valence-corrected chi connectivity index (χ3v) is 8.56. The predicted molar refractivity (Wildman–Crippen MR) is 190 cm³/mol. The Balaban J connectivity index is 1.35. The van der Waals surface area contributed by atoms with Crippen molar-refractivity contribution in [2.75, 3.05) is 17.2 Å². The second-order valence-corrected chi connectivity index (χ2v) is 11.9. The molecule has 10 heteroatoms. The van der Waals surface area contributed by atoms with Crippen LogP contribution in [0.1, 0.15) is 33.7 Å². The SMILES string of the molecule is CCOc1ccccc1NC(=O)C(Sc1ccc(NC(=O)/C(=C/c2c(F)cccc2Cl)NC(=O)c2ccccc2)cc1)c1ccccc1. The number of carbonyl (C=O) groups excluding carboxylic acids is 3. The van der Waals surface area contributed by atoms with Gasteiger partial charge in [-0.2, -0.15) is 0 Å². The highest BCUT2D eigenvalue weighted by Crippen LogP contribution is 2.37. The van der Waals surface area contributed by atoms with Gasteiger partial charge in [0.2, 0.25) is 5.91 Å². The number of halogens is 2. The van der Waals surface area contributed by atoms with E-state index in [-0.39, 0.29) is 22.2 Å². The lowest BCUT2D eigenvalue weighted by Crippen LogP contribution is -2.30. The minimum Gasteiger partial charge on any atom is -0.492 e. The lowest BCUT2D eigenvalue weighted by molar-refractivity contribution is -0.116. The Hall–Kier alpha value is -5.38. The lowest BCUT2D eigenvalue weighted by Gasteiger charge is -2.19. The Morgan fingerprint density at radius 1 is 0.812 bits per heavy atom. The summed E-state index contributed by atoms with van der Waals surface area (Å²) in [6.07, 6.45) is 1.20. The predicted octanol–water partition coefficient (Wildman–Crippen LogP) is 8.76. The van der Waals surface area contributed by atoms with E-state index in [1.807, 2.05) is 49.4 Å². The number of anilines is 2. The highest BCUT2D eigenvalue weighted by Gasteiger charge is 2.24. The lowest BCUT2D eigenvalue weighted by atomic mass is 10.1. The number of hydrogen-bond acceptors (Lipinski definition) is 5. The molecule has 7 nitrogen and oxygen atoms in total. The molecule has 1 atom stereocenters. The quantitative estimate of drug-likeness (QED) is 0.0905. The van der Waals surface area contributed by atoms with Gasteiger partial charge in [-0.15, -0.1) is 11.8 Å². The maximum absolute atomic E-state index is 14.7. The van der Waals surface area contributed by atoms with Crippen molar-refractivity contribution in [1.29, 1.82) is 0 Å². The second-order valence-electron chi connectivity index (χ2n) is 10.3. The third kappa shape index (κ3) is 8.90. The van der Waals surface area contributed by atoms with E-state index in [9.17, 15) is 18.8 Å². The first kappa shape index (κ1) is 34.0. The molecule has 0 heterocycles. The molecule has 0 saturated heterocycles. The fourth-order valence-corrected chi connectivity index (χ4v) is 5.88. The Kier molecular flexibility index (Phi) is 11.6. The molecule has 0 bridgehead atoms. The first-order valence-electron chi connectivity index (χ1n) is 15.0. The molecular weight excluding hydrogens is 649 g/mol. The Bertz CT molecular complexity index is 1900. The summed E-state index contributed by atoms with van der Waals surface area (Å²) in [5.41, 5.74) is 1.86. The van der Waals surface area contributed by atoms with E-state index in [2.05, 4.69) is 16.0 Å². The summed E-state index contributed by atoms with van der Waals surface area (Å²) < 4.78 is 20.3. The number of para-hydroxylation sites is 2. The van der Waals surface area contributed by atoms with Crippen molar-refractivity contribution in [3.8, 4) is 5.75 Å². The van der Waals surface area contributed by atoms with Gasteiger partial charge >= 0.3 is 0 Å². The summed E-state index contributed by atoms with van der Waals surface area (Å²) in [6.45, 7) is 2.34. The maximum Gasteiger partial charge on any atom is 0.272 e. The maximum atomic E-state index is 14.7. The van der Waals surface area contributed by atoms with Gasteiger partial charge in [0, 0.05) is 21.7 Å². The van der Waals surface area contributed by atoms with Crippen molar-refractivity contribution < 1.29 is 23.5 Å². The van der Waals surface area contributed by atoms with Crippen molar-refractivity contribution >= 4 is 58.5 Å². The van der Waals surface area contributed by atoms with Gasteiger partial charge in [-0.3, -0.25) is 14.4 Å². The Labute approximate surface area is 287 Å². The van der Waals surface area contributed by atoms with Crippen LogP contribution in [0, 0.1) is 5.82 Å². The average Bonchev–Trinajstić information content (AvgIpc) is 3.10. The van der Waals surface area contributed by atoms with E-state index in [1.54, 1.807) is 66.7 Å². The monoisotopic (exact) mass is 679 g/mol. The number of ether oxygens (including phenoxy) is 1. The molecule has 0 aliphatic heterocycles. The summed E-state index contributed by atoms with van der Waals surface area (Å²) >= 11 is 7.56. The molecule has 0 aliphatic carbocycles. The van der Waals surface area contributed by atoms with Crippen molar-refractivity contribution in [3.05, 3.63) is 161 Å². The molecule has 3 N–H and O–H groups in total. The highest BCUT2D eigenvalue weighted by molar-refractivity contribution is 8.00. The summed E-state index contributed by atoms with van der Waals surface area (Å²) in [6, 6.07) is 36.1. The smallest absolute Gasteiger partial charge is 0.272 e. The molecule has 0 saturated carbocycles. The van der Waals surface area contributed by atoms with E-state index >= 15 is 0 Å². The number of amides is 3. The van der Waals surface area contributed by atoms with E-state index in [4.69, 9.17) is 16.3 Å². The van der Waals surface area contributed by atoms with Gasteiger partial charge in [-0.05, 0) is 79.2 Å². The molecule has 5 aromatic carbocycles. The van der Waals surface area contributed by atoms with Crippen molar-refractivity contribution in [2.45, 2.75) is 17.1 Å². The molecule has 0 radical (unpaired) electrons. The van der Waals surface area contributed by atoms with E-state index in [0.717, 1.165) is 10.5 Å². The fraction of sp³-hybridized carbons (Fsp3) is 0.0789. The minimum atomic E-state index is -0.687. The van der Waals surface area contributed by atoms with E-state index in [0.29, 0.717) is 29.3 Å². The van der Waals surface area contributed by atoms with Crippen LogP contribution in [-0.2, 0) is 9.59 Å². The Morgan fingerprint density at radius 3 is 2.17 bits per heavy atom. The molecule has 1 unspecified atom stereocenters. The topological polar surface area (TPSA) is 96.5 Å². The molecule has 242 valence electrons. The van der Waals surface area contributed by atoms with Crippen molar-refractivity contribution in [3.63, 3.8) is 0 Å². The first-order chi connectivity index (χ1) is 23.3. The van der Waals surface area contributed by atoms with Crippen LogP contribution >= 0.6 is 23.4 Å². The fourth-order valence-electron chi connectivity index (χ4n) is 4.64. The molecule has 5 rings (SSSR count). The van der Waals surface area contributed by atoms with Crippen LogP contribution in [0.4, 0.5) is 15.8 Å².